The second-order valence-electron chi connectivity index (χ2n) is 4.04. The number of thiophene rings is 1. The molecule has 0 aliphatic rings. The minimum Gasteiger partial charge on any atom is -0.508 e. The van der Waals surface area contributed by atoms with E-state index in [2.05, 4.69) is 6.07 Å². The normalized spacial score (nSPS) is 10.7. The van der Waals surface area contributed by atoms with Gasteiger partial charge in [0.2, 0.25) is 0 Å². The summed E-state index contributed by atoms with van der Waals surface area (Å²) < 4.78 is 6.87. The molecule has 3 heteroatoms. The molecule has 0 amide bonds. The monoisotopic (exact) mass is 256 g/mol. The Balaban J connectivity index is 1.79. The van der Waals surface area contributed by atoms with E-state index in [0.29, 0.717) is 12.4 Å². The van der Waals surface area contributed by atoms with Crippen molar-refractivity contribution in [3.63, 3.8) is 0 Å². The van der Waals surface area contributed by atoms with Crippen LogP contribution < -0.4 is 4.74 Å². The molecule has 18 heavy (non-hydrogen) atoms. The van der Waals surface area contributed by atoms with Crippen LogP contribution in [0, 0.1) is 0 Å². The summed E-state index contributed by atoms with van der Waals surface area (Å²) in [6, 6.07) is 17.2. The molecule has 0 spiro atoms. The van der Waals surface area contributed by atoms with Crippen molar-refractivity contribution in [2.45, 2.75) is 6.61 Å². The molecule has 1 aromatic heterocycles. The Morgan fingerprint density at radius 3 is 2.67 bits per heavy atom. The lowest BCUT2D eigenvalue weighted by Gasteiger charge is -2.02. The molecule has 0 atom stereocenters. The summed E-state index contributed by atoms with van der Waals surface area (Å²) in [5.41, 5.74) is 0. The molecule has 2 aromatic carbocycles. The molecule has 0 aliphatic heterocycles. The molecule has 0 saturated heterocycles. The first-order valence-electron chi connectivity index (χ1n) is 5.70. The van der Waals surface area contributed by atoms with Gasteiger partial charge in [-0.3, -0.25) is 0 Å². The van der Waals surface area contributed by atoms with Crippen molar-refractivity contribution in [2.75, 3.05) is 0 Å². The van der Waals surface area contributed by atoms with Crippen LogP contribution in [0.15, 0.2) is 54.6 Å². The first-order valence-corrected chi connectivity index (χ1v) is 6.52. The third-order valence-electron chi connectivity index (χ3n) is 2.68. The standard InChI is InChI=1S/C15H12O2S/c16-12-6-7-15-11(8-12)9-14(18-15)10-17-13-4-2-1-3-5-13/h1-9,16H,10H2. The Morgan fingerprint density at radius 2 is 1.83 bits per heavy atom. The van der Waals surface area contributed by atoms with E-state index in [1.54, 1.807) is 23.5 Å². The smallest absolute Gasteiger partial charge is 0.122 e. The summed E-state index contributed by atoms with van der Waals surface area (Å²) in [6.07, 6.45) is 0. The van der Waals surface area contributed by atoms with Crippen LogP contribution in [-0.4, -0.2) is 5.11 Å². The summed E-state index contributed by atoms with van der Waals surface area (Å²) in [5, 5.41) is 10.5. The number of benzene rings is 2. The highest BCUT2D eigenvalue weighted by Gasteiger charge is 2.03. The average molecular weight is 256 g/mol. The minimum atomic E-state index is 0.302. The largest absolute Gasteiger partial charge is 0.508 e. The van der Waals surface area contributed by atoms with Gasteiger partial charge in [-0.2, -0.15) is 0 Å². The van der Waals surface area contributed by atoms with Crippen LogP contribution >= 0.6 is 11.3 Å². The molecule has 0 bridgehead atoms. The van der Waals surface area contributed by atoms with Gasteiger partial charge < -0.3 is 9.84 Å². The lowest BCUT2D eigenvalue weighted by molar-refractivity contribution is 0.310. The van der Waals surface area contributed by atoms with Gasteiger partial charge in [0.25, 0.3) is 0 Å². The Labute approximate surface area is 109 Å². The van der Waals surface area contributed by atoms with Crippen LogP contribution in [0.3, 0.4) is 0 Å². The van der Waals surface area contributed by atoms with Crippen LogP contribution in [0.4, 0.5) is 0 Å². The SMILES string of the molecule is Oc1ccc2sc(COc3ccccc3)cc2c1. The van der Waals surface area contributed by atoms with Gasteiger partial charge in [0.1, 0.15) is 18.1 Å². The molecule has 0 saturated carbocycles. The molecular weight excluding hydrogens is 244 g/mol. The fourth-order valence-electron chi connectivity index (χ4n) is 1.83. The van der Waals surface area contributed by atoms with Gasteiger partial charge in [-0.1, -0.05) is 18.2 Å². The molecule has 0 radical (unpaired) electrons. The van der Waals surface area contributed by atoms with Gasteiger partial charge in [-0.05, 0) is 41.8 Å². The van der Waals surface area contributed by atoms with Crippen LogP contribution in [-0.2, 0) is 6.61 Å². The van der Waals surface area contributed by atoms with Crippen molar-refractivity contribution in [2.24, 2.45) is 0 Å². The Hall–Kier alpha value is -2.00. The minimum absolute atomic E-state index is 0.302. The van der Waals surface area contributed by atoms with E-state index in [1.807, 2.05) is 36.4 Å². The van der Waals surface area contributed by atoms with Gasteiger partial charge in [-0.15, -0.1) is 11.3 Å². The maximum absolute atomic E-state index is 9.42. The number of hydrogen-bond acceptors (Lipinski definition) is 3. The van der Waals surface area contributed by atoms with Crippen molar-refractivity contribution < 1.29 is 9.84 Å². The number of phenolic OH excluding ortho intramolecular Hbond substituents is 1. The van der Waals surface area contributed by atoms with Gasteiger partial charge in [0.15, 0.2) is 0 Å². The highest BCUT2D eigenvalue weighted by Crippen LogP contribution is 2.29. The number of ether oxygens (including phenoxy) is 1. The lowest BCUT2D eigenvalue weighted by Crippen LogP contribution is -1.91. The van der Waals surface area contributed by atoms with Crippen molar-refractivity contribution in [3.05, 3.63) is 59.5 Å². The molecule has 0 aliphatic carbocycles. The average Bonchev–Trinajstić information content (AvgIpc) is 2.79. The predicted octanol–water partition coefficient (Wildman–Crippen LogP) is 4.19. The van der Waals surface area contributed by atoms with E-state index in [0.717, 1.165) is 16.0 Å². The molecule has 0 fully saturated rings. The lowest BCUT2D eigenvalue weighted by atomic mass is 10.2. The van der Waals surface area contributed by atoms with E-state index >= 15 is 0 Å². The van der Waals surface area contributed by atoms with E-state index < -0.39 is 0 Å². The maximum atomic E-state index is 9.42. The molecule has 1 N–H and O–H groups in total. The zero-order chi connectivity index (χ0) is 12.4. The number of aromatic hydroxyl groups is 1. The molecule has 2 nitrogen and oxygen atoms in total. The summed E-state index contributed by atoms with van der Waals surface area (Å²) in [4.78, 5) is 1.15. The third-order valence-corrected chi connectivity index (χ3v) is 3.76. The highest BCUT2D eigenvalue weighted by atomic mass is 32.1. The number of hydrogen-bond donors (Lipinski definition) is 1. The van der Waals surface area contributed by atoms with Crippen molar-refractivity contribution in [1.82, 2.24) is 0 Å². The summed E-state index contributed by atoms with van der Waals surface area (Å²) in [5.74, 6) is 1.17. The first-order chi connectivity index (χ1) is 8.81. The second kappa shape index (κ2) is 4.70. The van der Waals surface area contributed by atoms with Gasteiger partial charge in [0.05, 0.1) is 0 Å². The van der Waals surface area contributed by atoms with Crippen molar-refractivity contribution in [3.8, 4) is 11.5 Å². The Bertz CT molecular complexity index is 659. The van der Waals surface area contributed by atoms with Crippen molar-refractivity contribution in [1.29, 1.82) is 0 Å². The zero-order valence-corrected chi connectivity index (χ0v) is 10.5. The van der Waals surface area contributed by atoms with Crippen LogP contribution in [0.25, 0.3) is 10.1 Å². The van der Waals surface area contributed by atoms with Crippen LogP contribution in [0.5, 0.6) is 11.5 Å². The Morgan fingerprint density at radius 1 is 1.00 bits per heavy atom. The fraction of sp³-hybridized carbons (Fsp3) is 0.0667. The quantitative estimate of drug-likeness (QED) is 0.761. The number of phenols is 1. The third kappa shape index (κ3) is 2.31. The highest BCUT2D eigenvalue weighted by molar-refractivity contribution is 7.19. The fourth-order valence-corrected chi connectivity index (χ4v) is 2.79. The summed E-state index contributed by atoms with van der Waals surface area (Å²) in [6.45, 7) is 0.560. The summed E-state index contributed by atoms with van der Waals surface area (Å²) in [7, 11) is 0. The number of para-hydroxylation sites is 1. The maximum Gasteiger partial charge on any atom is 0.122 e. The number of rotatable bonds is 3. The molecule has 1 heterocycles. The van der Waals surface area contributed by atoms with E-state index in [4.69, 9.17) is 4.74 Å². The Kier molecular flexibility index (Phi) is 2.90. The predicted molar refractivity (Wildman–Crippen MR) is 74.3 cm³/mol. The van der Waals surface area contributed by atoms with E-state index in [-0.39, 0.29) is 0 Å². The van der Waals surface area contributed by atoms with Gasteiger partial charge in [-0.25, -0.2) is 0 Å². The molecule has 3 aromatic rings. The van der Waals surface area contributed by atoms with Crippen LogP contribution in [0.1, 0.15) is 4.88 Å². The van der Waals surface area contributed by atoms with E-state index in [9.17, 15) is 5.11 Å². The number of fused-ring (bicyclic) bond motifs is 1. The van der Waals surface area contributed by atoms with Crippen molar-refractivity contribution >= 4 is 21.4 Å². The second-order valence-corrected chi connectivity index (χ2v) is 5.20. The topological polar surface area (TPSA) is 29.5 Å². The molecule has 0 unspecified atom stereocenters. The molecule has 3 rings (SSSR count). The zero-order valence-electron chi connectivity index (χ0n) is 9.67. The van der Waals surface area contributed by atoms with Crippen LogP contribution in [0.2, 0.25) is 0 Å². The summed E-state index contributed by atoms with van der Waals surface area (Å²) >= 11 is 1.69. The first kappa shape index (κ1) is 11.1. The molecular formula is C15H12O2S. The van der Waals surface area contributed by atoms with Gasteiger partial charge >= 0.3 is 0 Å². The molecule has 90 valence electrons. The van der Waals surface area contributed by atoms with Gasteiger partial charge in [0, 0.05) is 9.58 Å². The van der Waals surface area contributed by atoms with E-state index in [1.165, 1.54) is 4.70 Å².